The molecule has 0 saturated carbocycles. The Morgan fingerprint density at radius 2 is 1.91 bits per heavy atom. The minimum atomic E-state index is -0.273. The first-order chi connectivity index (χ1) is 15.4. The van der Waals surface area contributed by atoms with Crippen LogP contribution in [0.25, 0.3) is 0 Å². The minimum absolute atomic E-state index is 0.0315. The van der Waals surface area contributed by atoms with E-state index in [-0.39, 0.29) is 17.6 Å². The van der Waals surface area contributed by atoms with Crippen molar-refractivity contribution in [3.63, 3.8) is 0 Å². The van der Waals surface area contributed by atoms with Crippen LogP contribution in [-0.2, 0) is 13.0 Å². The number of carbonyl (C=O) groups is 3. The first-order valence-corrected chi connectivity index (χ1v) is 11.4. The van der Waals surface area contributed by atoms with Crippen LogP contribution in [-0.4, -0.2) is 52.4 Å². The van der Waals surface area contributed by atoms with Gasteiger partial charge < -0.3 is 15.1 Å². The summed E-state index contributed by atoms with van der Waals surface area (Å²) in [4.78, 5) is 41.8. The number of anilines is 3. The fraction of sp³-hybridized carbons (Fsp3) is 0.304. The fourth-order valence-corrected chi connectivity index (χ4v) is 5.05. The molecule has 2 amide bonds. The lowest BCUT2D eigenvalue weighted by molar-refractivity contribution is 0.0780. The van der Waals surface area contributed by atoms with Crippen LogP contribution in [0.2, 0.25) is 0 Å². The van der Waals surface area contributed by atoms with Crippen molar-refractivity contribution in [2.45, 2.75) is 26.3 Å². The molecule has 1 aromatic carbocycles. The number of aromatic nitrogens is 2. The molecule has 0 fully saturated rings. The van der Waals surface area contributed by atoms with Crippen molar-refractivity contribution in [1.29, 1.82) is 0 Å². The molecule has 3 aromatic rings. The molecule has 2 aromatic heterocycles. The van der Waals surface area contributed by atoms with Gasteiger partial charge in [-0.1, -0.05) is 6.92 Å². The lowest BCUT2D eigenvalue weighted by Gasteiger charge is -2.26. The number of thiophene rings is 1. The number of hydrogen-bond donors (Lipinski definition) is 1. The van der Waals surface area contributed by atoms with E-state index in [0.29, 0.717) is 28.5 Å². The maximum Gasteiger partial charge on any atom is 0.266 e. The Hall–Kier alpha value is -3.46. The van der Waals surface area contributed by atoms with Gasteiger partial charge in [0.1, 0.15) is 5.82 Å². The van der Waals surface area contributed by atoms with Crippen molar-refractivity contribution in [3.8, 4) is 0 Å². The lowest BCUT2D eigenvalue weighted by Crippen LogP contribution is -2.34. The third-order valence-corrected chi connectivity index (χ3v) is 7.06. The third-order valence-electron chi connectivity index (χ3n) is 5.93. The second kappa shape index (κ2) is 7.90. The lowest BCUT2D eigenvalue weighted by atomic mass is 9.98. The topological polar surface area (TPSA) is 87.5 Å². The first-order valence-electron chi connectivity index (χ1n) is 10.6. The highest BCUT2D eigenvalue weighted by atomic mass is 32.1. The summed E-state index contributed by atoms with van der Waals surface area (Å²) in [7, 11) is 1.83. The molecule has 2 aliphatic rings. The normalized spacial score (nSPS) is 15.0. The Morgan fingerprint density at radius 1 is 1.09 bits per heavy atom. The number of amides is 2. The highest BCUT2D eigenvalue weighted by Gasteiger charge is 2.27. The number of benzene rings is 1. The fourth-order valence-electron chi connectivity index (χ4n) is 4.14. The molecule has 0 unspecified atom stereocenters. The summed E-state index contributed by atoms with van der Waals surface area (Å²) >= 11 is 1.20. The summed E-state index contributed by atoms with van der Waals surface area (Å²) < 4.78 is 1.87. The van der Waals surface area contributed by atoms with E-state index in [1.807, 2.05) is 29.9 Å². The van der Waals surface area contributed by atoms with Crippen molar-refractivity contribution in [3.05, 3.63) is 57.3 Å². The van der Waals surface area contributed by atoms with E-state index < -0.39 is 0 Å². The molecule has 164 valence electrons. The first kappa shape index (κ1) is 20.4. The molecule has 0 radical (unpaired) electrons. The van der Waals surface area contributed by atoms with Gasteiger partial charge in [0.2, 0.25) is 0 Å². The quantitative estimate of drug-likeness (QED) is 0.602. The molecule has 0 atom stereocenters. The van der Waals surface area contributed by atoms with Gasteiger partial charge in [-0.05, 0) is 42.3 Å². The van der Waals surface area contributed by atoms with Gasteiger partial charge >= 0.3 is 0 Å². The zero-order valence-corrected chi connectivity index (χ0v) is 18.7. The zero-order chi connectivity index (χ0) is 22.4. The monoisotopic (exact) mass is 449 g/mol. The van der Waals surface area contributed by atoms with E-state index in [0.717, 1.165) is 42.1 Å². The maximum absolute atomic E-state index is 12.6. The predicted molar refractivity (Wildman–Crippen MR) is 123 cm³/mol. The number of nitrogens with zero attached hydrogens (tertiary/aromatic N) is 4. The van der Waals surface area contributed by atoms with Crippen molar-refractivity contribution in [2.75, 3.05) is 30.4 Å². The number of Topliss-reactive ketones (excluding diaryl/α,β-unsaturated/α-hetero) is 1. The van der Waals surface area contributed by atoms with Crippen LogP contribution in [0.4, 0.5) is 17.3 Å². The molecule has 2 aliphatic heterocycles. The molecule has 0 bridgehead atoms. The van der Waals surface area contributed by atoms with Gasteiger partial charge in [-0.25, -0.2) is 4.68 Å². The third kappa shape index (κ3) is 3.48. The van der Waals surface area contributed by atoms with Crippen LogP contribution in [0.3, 0.4) is 0 Å². The van der Waals surface area contributed by atoms with Gasteiger partial charge in [-0.3, -0.25) is 14.4 Å². The molecule has 4 heterocycles. The number of likely N-dealkylation sites (N-methyl/N-ethyl adjacent to an activating group) is 1. The number of rotatable bonds is 5. The maximum atomic E-state index is 12.6. The van der Waals surface area contributed by atoms with Gasteiger partial charge in [0.25, 0.3) is 11.8 Å². The average molecular weight is 450 g/mol. The molecule has 5 rings (SSSR count). The zero-order valence-electron chi connectivity index (χ0n) is 17.9. The standard InChI is InChI=1S/C23H23N5O3S/c1-3-17(29)18-6-7-19(32-18)22(30)24-20-13-21-27(10-11-28(21)25-20)15-4-5-16-14(12-15)8-9-26(2)23(16)31/h4-7,12-13H,3,8-11H2,1-2H3,(H,24,25,30). The van der Waals surface area contributed by atoms with Crippen LogP contribution in [0.15, 0.2) is 36.4 Å². The smallest absolute Gasteiger partial charge is 0.266 e. The number of nitrogens with one attached hydrogen (secondary N) is 1. The molecular formula is C23H23N5O3S. The summed E-state index contributed by atoms with van der Waals surface area (Å²) in [6.07, 6.45) is 1.25. The average Bonchev–Trinajstić information content (AvgIpc) is 3.51. The SMILES string of the molecule is CCC(=O)c1ccc(C(=O)Nc2cc3n(n2)CCN3c2ccc3c(c2)CCN(C)C3=O)s1. The van der Waals surface area contributed by atoms with Gasteiger partial charge in [-0.15, -0.1) is 11.3 Å². The Kier molecular flexibility index (Phi) is 5.05. The van der Waals surface area contributed by atoms with Crippen LogP contribution in [0.1, 0.15) is 48.6 Å². The number of ketones is 1. The van der Waals surface area contributed by atoms with Crippen LogP contribution in [0, 0.1) is 0 Å². The molecule has 0 aliphatic carbocycles. The largest absolute Gasteiger partial charge is 0.341 e. The summed E-state index contributed by atoms with van der Waals surface area (Å²) in [6, 6.07) is 11.2. The van der Waals surface area contributed by atoms with Gasteiger partial charge in [0.05, 0.1) is 16.3 Å². The number of hydrogen-bond acceptors (Lipinski definition) is 6. The van der Waals surface area contributed by atoms with Gasteiger partial charge in [0.15, 0.2) is 11.6 Å². The van der Waals surface area contributed by atoms with E-state index in [9.17, 15) is 14.4 Å². The summed E-state index contributed by atoms with van der Waals surface area (Å²) in [5.41, 5.74) is 2.84. The van der Waals surface area contributed by atoms with Crippen molar-refractivity contribution >= 4 is 46.3 Å². The Morgan fingerprint density at radius 3 is 2.72 bits per heavy atom. The number of carbonyl (C=O) groups excluding carboxylic acids is 3. The van der Waals surface area contributed by atoms with Crippen LogP contribution in [0.5, 0.6) is 0 Å². The molecule has 0 saturated heterocycles. The Balaban J connectivity index is 1.35. The predicted octanol–water partition coefficient (Wildman–Crippen LogP) is 3.57. The van der Waals surface area contributed by atoms with E-state index in [4.69, 9.17) is 0 Å². The minimum Gasteiger partial charge on any atom is -0.341 e. The summed E-state index contributed by atoms with van der Waals surface area (Å²) in [5, 5.41) is 7.36. The van der Waals surface area contributed by atoms with Crippen LogP contribution < -0.4 is 10.2 Å². The molecule has 8 nitrogen and oxygen atoms in total. The second-order valence-corrected chi connectivity index (χ2v) is 9.06. The highest BCUT2D eigenvalue weighted by molar-refractivity contribution is 7.16. The van der Waals surface area contributed by atoms with Gasteiger partial charge in [0, 0.05) is 43.9 Å². The molecule has 32 heavy (non-hydrogen) atoms. The van der Waals surface area contributed by atoms with E-state index >= 15 is 0 Å². The van der Waals surface area contributed by atoms with E-state index in [2.05, 4.69) is 21.4 Å². The van der Waals surface area contributed by atoms with Crippen molar-refractivity contribution < 1.29 is 14.4 Å². The van der Waals surface area contributed by atoms with Gasteiger partial charge in [-0.2, -0.15) is 5.10 Å². The van der Waals surface area contributed by atoms with E-state index in [1.54, 1.807) is 24.0 Å². The Labute approximate surface area is 189 Å². The molecule has 1 N–H and O–H groups in total. The second-order valence-electron chi connectivity index (χ2n) is 7.98. The summed E-state index contributed by atoms with van der Waals surface area (Å²) in [6.45, 7) is 4.01. The molecule has 0 spiro atoms. The molecular weight excluding hydrogens is 426 g/mol. The van der Waals surface area contributed by atoms with Crippen LogP contribution >= 0.6 is 11.3 Å². The molecule has 9 heteroatoms. The Bertz CT molecular complexity index is 1240. The summed E-state index contributed by atoms with van der Waals surface area (Å²) in [5.74, 6) is 1.19. The van der Waals surface area contributed by atoms with Crippen molar-refractivity contribution in [1.82, 2.24) is 14.7 Å². The van der Waals surface area contributed by atoms with Crippen molar-refractivity contribution in [2.24, 2.45) is 0 Å². The van der Waals surface area contributed by atoms with E-state index in [1.165, 1.54) is 11.3 Å². The highest BCUT2D eigenvalue weighted by Crippen LogP contribution is 2.34. The number of fused-ring (bicyclic) bond motifs is 2.